The van der Waals surface area contributed by atoms with Gasteiger partial charge in [0, 0.05) is 13.3 Å². The van der Waals surface area contributed by atoms with Gasteiger partial charge in [-0.15, -0.1) is 0 Å². The molecule has 0 saturated heterocycles. The fourth-order valence-corrected chi connectivity index (χ4v) is 1.62. The lowest BCUT2D eigenvalue weighted by molar-refractivity contribution is -0.392. The minimum absolute atomic E-state index is 0.0708. The lowest BCUT2D eigenvalue weighted by Gasteiger charge is -2.05. The molecule has 0 radical (unpaired) electrons. The van der Waals surface area contributed by atoms with Crippen LogP contribution in [0.25, 0.3) is 0 Å². The quantitative estimate of drug-likeness (QED) is 0.394. The van der Waals surface area contributed by atoms with Crippen molar-refractivity contribution in [3.05, 3.63) is 22.1 Å². The Labute approximate surface area is 124 Å². The number of urea groups is 1. The predicted octanol–water partition coefficient (Wildman–Crippen LogP) is -0.382. The summed E-state index contributed by atoms with van der Waals surface area (Å²) in [6.07, 6.45) is 0.640. The number of rotatable bonds is 7. The van der Waals surface area contributed by atoms with E-state index < -0.39 is 22.8 Å². The highest BCUT2D eigenvalue weighted by molar-refractivity contribution is 5.94. The molecule has 1 aromatic rings. The number of nitro groups is 1. The van der Waals surface area contributed by atoms with Crippen molar-refractivity contribution in [2.75, 3.05) is 6.61 Å². The first-order valence-electron chi connectivity index (χ1n) is 6.22. The number of imide groups is 1. The van der Waals surface area contributed by atoms with Gasteiger partial charge in [-0.05, 0) is 4.92 Å². The molecule has 0 unspecified atom stereocenters. The zero-order valence-corrected chi connectivity index (χ0v) is 11.8. The van der Waals surface area contributed by atoms with Crippen LogP contribution in [0.4, 0.5) is 10.6 Å². The standard InChI is InChI=1S/C11H15N5O6/c1-7-13-6-9(16(20)21)15(7)4-5-22-10(18)3-2-8(17)14-11(12)19/h6H,2-5H2,1H3,(H3,12,14,17,19). The van der Waals surface area contributed by atoms with Crippen molar-refractivity contribution in [3.63, 3.8) is 0 Å². The van der Waals surface area contributed by atoms with Crippen LogP contribution in [0.1, 0.15) is 18.7 Å². The fraction of sp³-hybridized carbons (Fsp3) is 0.455. The first kappa shape index (κ1) is 17.1. The van der Waals surface area contributed by atoms with Gasteiger partial charge in [0.1, 0.15) is 19.3 Å². The number of carbonyl (C=O) groups is 3. The average molecular weight is 313 g/mol. The Kier molecular flexibility index (Phi) is 5.98. The van der Waals surface area contributed by atoms with Gasteiger partial charge in [-0.1, -0.05) is 0 Å². The van der Waals surface area contributed by atoms with E-state index in [0.717, 1.165) is 6.20 Å². The van der Waals surface area contributed by atoms with Gasteiger partial charge in [0.15, 0.2) is 5.82 Å². The van der Waals surface area contributed by atoms with Gasteiger partial charge < -0.3 is 20.6 Å². The Morgan fingerprint density at radius 3 is 2.73 bits per heavy atom. The normalized spacial score (nSPS) is 10.0. The molecule has 0 aliphatic rings. The summed E-state index contributed by atoms with van der Waals surface area (Å²) in [5, 5.41) is 12.6. The number of nitrogens with one attached hydrogen (secondary N) is 1. The second kappa shape index (κ2) is 7.71. The summed E-state index contributed by atoms with van der Waals surface area (Å²) in [4.78, 5) is 46.8. The van der Waals surface area contributed by atoms with Crippen molar-refractivity contribution >= 4 is 23.7 Å². The molecule has 0 saturated carbocycles. The SMILES string of the molecule is Cc1ncc([N+](=O)[O-])n1CCOC(=O)CCC(=O)NC(N)=O. The van der Waals surface area contributed by atoms with Crippen molar-refractivity contribution in [1.82, 2.24) is 14.9 Å². The summed E-state index contributed by atoms with van der Waals surface area (Å²) < 4.78 is 6.15. The molecule has 0 spiro atoms. The molecule has 11 heteroatoms. The van der Waals surface area contributed by atoms with Crippen LogP contribution in [0.5, 0.6) is 0 Å². The number of esters is 1. The van der Waals surface area contributed by atoms with Crippen LogP contribution in [0.3, 0.4) is 0 Å². The van der Waals surface area contributed by atoms with E-state index in [2.05, 4.69) is 4.98 Å². The molecule has 3 N–H and O–H groups in total. The third-order valence-electron chi connectivity index (χ3n) is 2.62. The minimum Gasteiger partial charge on any atom is -0.461 e. The van der Waals surface area contributed by atoms with Crippen LogP contribution < -0.4 is 11.1 Å². The summed E-state index contributed by atoms with van der Waals surface area (Å²) in [7, 11) is 0. The van der Waals surface area contributed by atoms with E-state index in [4.69, 9.17) is 10.5 Å². The Balaban J connectivity index is 2.37. The Hall–Kier alpha value is -2.98. The van der Waals surface area contributed by atoms with Crippen molar-refractivity contribution < 1.29 is 24.0 Å². The summed E-state index contributed by atoms with van der Waals surface area (Å²) in [5.74, 6) is -1.14. The first-order chi connectivity index (χ1) is 10.3. The van der Waals surface area contributed by atoms with Crippen molar-refractivity contribution in [2.24, 2.45) is 5.73 Å². The van der Waals surface area contributed by atoms with E-state index in [1.165, 1.54) is 4.57 Å². The molecule has 1 aromatic heterocycles. The number of aryl methyl sites for hydroxylation is 1. The zero-order chi connectivity index (χ0) is 16.7. The molecule has 11 nitrogen and oxygen atoms in total. The van der Waals surface area contributed by atoms with Crippen LogP contribution in [0, 0.1) is 17.0 Å². The Morgan fingerprint density at radius 1 is 1.45 bits per heavy atom. The zero-order valence-electron chi connectivity index (χ0n) is 11.8. The van der Waals surface area contributed by atoms with Gasteiger partial charge >= 0.3 is 17.8 Å². The molecule has 0 aromatic carbocycles. The minimum atomic E-state index is -0.999. The highest BCUT2D eigenvalue weighted by atomic mass is 16.6. The smallest absolute Gasteiger partial charge is 0.342 e. The molecule has 1 rings (SSSR count). The number of nitrogens with two attached hydrogens (primary N) is 1. The number of carbonyl (C=O) groups excluding carboxylic acids is 3. The van der Waals surface area contributed by atoms with E-state index in [0.29, 0.717) is 5.82 Å². The summed E-state index contributed by atoms with van der Waals surface area (Å²) in [6, 6.07) is -0.999. The monoisotopic (exact) mass is 313 g/mol. The molecule has 0 fully saturated rings. The van der Waals surface area contributed by atoms with Gasteiger partial charge in [0.25, 0.3) is 0 Å². The predicted molar refractivity (Wildman–Crippen MR) is 71.5 cm³/mol. The van der Waals surface area contributed by atoms with E-state index in [1.807, 2.05) is 5.32 Å². The lowest BCUT2D eigenvalue weighted by Crippen LogP contribution is -2.35. The molecule has 120 valence electrons. The van der Waals surface area contributed by atoms with Crippen molar-refractivity contribution in [3.8, 4) is 0 Å². The van der Waals surface area contributed by atoms with E-state index in [-0.39, 0.29) is 31.8 Å². The number of imidazole rings is 1. The van der Waals surface area contributed by atoms with E-state index in [9.17, 15) is 24.5 Å². The fourth-order valence-electron chi connectivity index (χ4n) is 1.62. The van der Waals surface area contributed by atoms with E-state index in [1.54, 1.807) is 6.92 Å². The molecular weight excluding hydrogens is 298 g/mol. The van der Waals surface area contributed by atoms with E-state index >= 15 is 0 Å². The molecule has 0 atom stereocenters. The maximum atomic E-state index is 11.4. The maximum Gasteiger partial charge on any atom is 0.342 e. The summed E-state index contributed by atoms with van der Waals surface area (Å²) in [6.45, 7) is 1.55. The molecule has 22 heavy (non-hydrogen) atoms. The van der Waals surface area contributed by atoms with Crippen LogP contribution in [-0.4, -0.2) is 39.0 Å². The number of aromatic nitrogens is 2. The number of primary amides is 1. The maximum absolute atomic E-state index is 11.4. The van der Waals surface area contributed by atoms with Crippen molar-refractivity contribution in [1.29, 1.82) is 0 Å². The van der Waals surface area contributed by atoms with Gasteiger partial charge in [-0.25, -0.2) is 14.3 Å². The van der Waals surface area contributed by atoms with Crippen LogP contribution in [0.2, 0.25) is 0 Å². The Bertz CT molecular complexity index is 596. The highest BCUT2D eigenvalue weighted by Gasteiger charge is 2.17. The first-order valence-corrected chi connectivity index (χ1v) is 6.22. The molecule has 0 bridgehead atoms. The molecule has 3 amide bonds. The third kappa shape index (κ3) is 5.19. The second-order valence-electron chi connectivity index (χ2n) is 4.21. The summed E-state index contributed by atoms with van der Waals surface area (Å²) >= 11 is 0. The summed E-state index contributed by atoms with van der Waals surface area (Å²) in [5.41, 5.74) is 4.74. The topological polar surface area (TPSA) is 159 Å². The molecule has 0 aliphatic carbocycles. The molecular formula is C11H15N5O6. The molecule has 0 aliphatic heterocycles. The van der Waals surface area contributed by atoms with Gasteiger partial charge in [-0.3, -0.25) is 14.9 Å². The average Bonchev–Trinajstić information content (AvgIpc) is 2.77. The number of ether oxygens (including phenoxy) is 1. The number of hydrogen-bond donors (Lipinski definition) is 2. The number of hydrogen-bond acceptors (Lipinski definition) is 7. The second-order valence-corrected chi connectivity index (χ2v) is 4.21. The number of amides is 3. The van der Waals surface area contributed by atoms with Gasteiger partial charge in [-0.2, -0.15) is 0 Å². The third-order valence-corrected chi connectivity index (χ3v) is 2.62. The largest absolute Gasteiger partial charge is 0.461 e. The van der Waals surface area contributed by atoms with Crippen LogP contribution in [0.15, 0.2) is 6.20 Å². The van der Waals surface area contributed by atoms with Gasteiger partial charge in [0.2, 0.25) is 5.91 Å². The van der Waals surface area contributed by atoms with Gasteiger partial charge in [0.05, 0.1) is 6.42 Å². The van der Waals surface area contributed by atoms with Crippen LogP contribution in [-0.2, 0) is 20.9 Å². The van der Waals surface area contributed by atoms with Crippen molar-refractivity contribution in [2.45, 2.75) is 26.3 Å². The molecule has 1 heterocycles. The highest BCUT2D eigenvalue weighted by Crippen LogP contribution is 2.13. The lowest BCUT2D eigenvalue weighted by atomic mass is 10.3. The number of nitrogens with zero attached hydrogens (tertiary/aromatic N) is 3. The van der Waals surface area contributed by atoms with Crippen LogP contribution >= 0.6 is 0 Å². The Morgan fingerprint density at radius 2 is 2.14 bits per heavy atom.